The highest BCUT2D eigenvalue weighted by atomic mass is 14.2. The molecule has 18 heavy (non-hydrogen) atoms. The molecule has 2 aliphatic rings. The molecule has 0 radical (unpaired) electrons. The van der Waals surface area contributed by atoms with Crippen molar-refractivity contribution < 1.29 is 0 Å². The van der Waals surface area contributed by atoms with Gasteiger partial charge in [0.1, 0.15) is 0 Å². The van der Waals surface area contributed by atoms with E-state index in [1.807, 2.05) is 0 Å². The zero-order valence-electron chi connectivity index (χ0n) is 10.9. The predicted octanol–water partition coefficient (Wildman–Crippen LogP) is 4.89. The summed E-state index contributed by atoms with van der Waals surface area (Å²) >= 11 is 0. The van der Waals surface area contributed by atoms with Gasteiger partial charge < -0.3 is 0 Å². The van der Waals surface area contributed by atoms with Crippen molar-refractivity contribution >= 4 is 22.4 Å². The minimum Gasteiger partial charge on any atom is -0.0759 e. The van der Waals surface area contributed by atoms with Crippen molar-refractivity contribution in [1.29, 1.82) is 0 Å². The Morgan fingerprint density at radius 1 is 1.06 bits per heavy atom. The molecule has 0 N–H and O–H groups in total. The monoisotopic (exact) mass is 232 g/mol. The van der Waals surface area contributed by atoms with E-state index in [9.17, 15) is 0 Å². The molecule has 0 heteroatoms. The van der Waals surface area contributed by atoms with Crippen LogP contribution in [0.4, 0.5) is 0 Å². The van der Waals surface area contributed by atoms with E-state index in [4.69, 9.17) is 0 Å². The van der Waals surface area contributed by atoms with E-state index in [2.05, 4.69) is 50.3 Å². The second-order valence-electron chi connectivity index (χ2n) is 5.65. The quantitative estimate of drug-likeness (QED) is 0.606. The highest BCUT2D eigenvalue weighted by Gasteiger charge is 2.21. The fourth-order valence-corrected chi connectivity index (χ4v) is 3.47. The number of rotatable bonds is 0. The second kappa shape index (κ2) is 3.35. The van der Waals surface area contributed by atoms with Gasteiger partial charge in [-0.05, 0) is 59.7 Å². The van der Waals surface area contributed by atoms with Gasteiger partial charge in [-0.15, -0.1) is 0 Å². The first-order valence-electron chi connectivity index (χ1n) is 6.65. The van der Waals surface area contributed by atoms with E-state index in [0.29, 0.717) is 0 Å². The van der Waals surface area contributed by atoms with Gasteiger partial charge in [0.2, 0.25) is 0 Å². The third kappa shape index (κ3) is 1.26. The Morgan fingerprint density at radius 3 is 2.83 bits per heavy atom. The van der Waals surface area contributed by atoms with Crippen molar-refractivity contribution in [2.45, 2.75) is 26.7 Å². The minimum atomic E-state index is 1.09. The fraction of sp³-hybridized carbons (Fsp3) is 0.222. The molecule has 2 aromatic carbocycles. The van der Waals surface area contributed by atoms with Gasteiger partial charge in [-0.1, -0.05) is 47.6 Å². The van der Waals surface area contributed by atoms with Crippen LogP contribution in [0.5, 0.6) is 0 Å². The summed E-state index contributed by atoms with van der Waals surface area (Å²) in [7, 11) is 0. The van der Waals surface area contributed by atoms with Crippen LogP contribution in [0.2, 0.25) is 0 Å². The molecule has 0 atom stereocenters. The maximum Gasteiger partial charge on any atom is -0.00632 e. The normalized spacial score (nSPS) is 16.6. The SMILES string of the molecule is CC1=Cc2ccc3cc(C)cc4c3c2C(=CC4)C1. The summed E-state index contributed by atoms with van der Waals surface area (Å²) in [6, 6.07) is 9.22. The van der Waals surface area contributed by atoms with Crippen molar-refractivity contribution in [2.75, 3.05) is 0 Å². The van der Waals surface area contributed by atoms with E-state index in [1.165, 1.54) is 44.2 Å². The average molecular weight is 232 g/mol. The van der Waals surface area contributed by atoms with Crippen molar-refractivity contribution in [2.24, 2.45) is 0 Å². The molecule has 0 aliphatic heterocycles. The van der Waals surface area contributed by atoms with Gasteiger partial charge in [-0.2, -0.15) is 0 Å². The molecule has 0 saturated carbocycles. The Bertz CT molecular complexity index is 742. The Morgan fingerprint density at radius 2 is 1.94 bits per heavy atom. The number of allylic oxidation sites excluding steroid dienone is 3. The van der Waals surface area contributed by atoms with E-state index in [0.717, 1.165) is 12.8 Å². The lowest BCUT2D eigenvalue weighted by Crippen LogP contribution is -2.05. The van der Waals surface area contributed by atoms with Gasteiger partial charge in [0, 0.05) is 0 Å². The maximum atomic E-state index is 2.43. The van der Waals surface area contributed by atoms with Crippen LogP contribution < -0.4 is 0 Å². The summed E-state index contributed by atoms with van der Waals surface area (Å²) in [5.41, 5.74) is 8.78. The van der Waals surface area contributed by atoms with Gasteiger partial charge in [0.25, 0.3) is 0 Å². The predicted molar refractivity (Wildman–Crippen MR) is 78.6 cm³/mol. The van der Waals surface area contributed by atoms with Crippen LogP contribution in [-0.2, 0) is 6.42 Å². The lowest BCUT2D eigenvalue weighted by molar-refractivity contribution is 1.17. The Balaban J connectivity index is 2.20. The zero-order valence-corrected chi connectivity index (χ0v) is 10.9. The lowest BCUT2D eigenvalue weighted by Gasteiger charge is -2.25. The molecular formula is C18H16. The van der Waals surface area contributed by atoms with Gasteiger partial charge in [-0.25, -0.2) is 0 Å². The van der Waals surface area contributed by atoms with Crippen molar-refractivity contribution in [1.82, 2.24) is 0 Å². The standard InChI is InChI=1S/C18H16/c1-11-7-13-3-5-15-9-12(2)10-16-6-4-14(8-11)17(13)18(15)16/h3-5,7,9-10H,6,8H2,1-2H3. The van der Waals surface area contributed by atoms with Crippen LogP contribution in [0, 0.1) is 6.92 Å². The van der Waals surface area contributed by atoms with Crippen LogP contribution in [-0.4, -0.2) is 0 Å². The first kappa shape index (κ1) is 10.1. The molecule has 0 spiro atoms. The van der Waals surface area contributed by atoms with Gasteiger partial charge in [-0.3, -0.25) is 0 Å². The third-order valence-corrected chi connectivity index (χ3v) is 4.14. The molecule has 88 valence electrons. The number of hydrogen-bond donors (Lipinski definition) is 0. The fourth-order valence-electron chi connectivity index (χ4n) is 3.47. The molecule has 0 saturated heterocycles. The van der Waals surface area contributed by atoms with Crippen molar-refractivity contribution in [3.8, 4) is 0 Å². The molecule has 0 heterocycles. The number of aryl methyl sites for hydroxylation is 1. The smallest absolute Gasteiger partial charge is 0.00632 e. The highest BCUT2D eigenvalue weighted by Crippen LogP contribution is 2.42. The third-order valence-electron chi connectivity index (χ3n) is 4.14. The molecule has 0 bridgehead atoms. The molecule has 0 amide bonds. The molecule has 2 aliphatic carbocycles. The van der Waals surface area contributed by atoms with Crippen LogP contribution in [0.15, 0.2) is 35.9 Å². The summed E-state index contributed by atoms with van der Waals surface area (Å²) < 4.78 is 0. The Kier molecular flexibility index (Phi) is 1.89. The summed E-state index contributed by atoms with van der Waals surface area (Å²) in [6.45, 7) is 4.43. The largest absolute Gasteiger partial charge is 0.0759 e. The van der Waals surface area contributed by atoms with E-state index < -0.39 is 0 Å². The number of hydrogen-bond acceptors (Lipinski definition) is 0. The van der Waals surface area contributed by atoms with E-state index in [1.54, 1.807) is 0 Å². The first-order chi connectivity index (χ1) is 8.72. The second-order valence-corrected chi connectivity index (χ2v) is 5.65. The molecule has 0 fully saturated rings. The maximum absolute atomic E-state index is 2.43. The summed E-state index contributed by atoms with van der Waals surface area (Å²) in [5, 5.41) is 2.90. The molecule has 0 nitrogen and oxygen atoms in total. The first-order valence-corrected chi connectivity index (χ1v) is 6.65. The van der Waals surface area contributed by atoms with Crippen LogP contribution in [0.3, 0.4) is 0 Å². The summed E-state index contributed by atoms with van der Waals surface area (Å²) in [6.07, 6.45) is 6.99. The molecule has 0 aromatic heterocycles. The zero-order chi connectivity index (χ0) is 12.3. The topological polar surface area (TPSA) is 0 Å². The molecular weight excluding hydrogens is 216 g/mol. The average Bonchev–Trinajstić information content (AvgIpc) is 2.34. The highest BCUT2D eigenvalue weighted by molar-refractivity contribution is 6.03. The van der Waals surface area contributed by atoms with Gasteiger partial charge in [0.05, 0.1) is 0 Å². The molecule has 4 rings (SSSR count). The van der Waals surface area contributed by atoms with E-state index >= 15 is 0 Å². The Hall–Kier alpha value is -1.82. The van der Waals surface area contributed by atoms with Crippen LogP contribution in [0.1, 0.15) is 35.6 Å². The van der Waals surface area contributed by atoms with Crippen LogP contribution in [0.25, 0.3) is 22.4 Å². The van der Waals surface area contributed by atoms with Gasteiger partial charge in [0.15, 0.2) is 0 Å². The molecule has 2 aromatic rings. The van der Waals surface area contributed by atoms with Crippen molar-refractivity contribution in [3.63, 3.8) is 0 Å². The lowest BCUT2D eigenvalue weighted by atomic mass is 9.79. The minimum absolute atomic E-state index is 1.09. The van der Waals surface area contributed by atoms with Crippen LogP contribution >= 0.6 is 0 Å². The number of benzene rings is 2. The Labute approximate surface area is 108 Å². The molecule has 0 unspecified atom stereocenters. The van der Waals surface area contributed by atoms with Crippen molar-refractivity contribution in [3.05, 3.63) is 58.2 Å². The summed E-state index contributed by atoms with van der Waals surface area (Å²) in [5.74, 6) is 0. The summed E-state index contributed by atoms with van der Waals surface area (Å²) in [4.78, 5) is 0. The van der Waals surface area contributed by atoms with Gasteiger partial charge >= 0.3 is 0 Å². The van der Waals surface area contributed by atoms with E-state index in [-0.39, 0.29) is 0 Å².